The van der Waals surface area contributed by atoms with Crippen molar-refractivity contribution in [2.24, 2.45) is 0 Å². The number of aryl methyl sites for hydroxylation is 1. The van der Waals surface area contributed by atoms with Crippen LogP contribution >= 0.6 is 0 Å². The van der Waals surface area contributed by atoms with Crippen molar-refractivity contribution in [3.8, 4) is 0 Å². The summed E-state index contributed by atoms with van der Waals surface area (Å²) >= 11 is 0. The van der Waals surface area contributed by atoms with Crippen LogP contribution in [0, 0.1) is 6.92 Å². The number of anilines is 4. The Morgan fingerprint density at radius 3 is 2.79 bits per heavy atom. The van der Waals surface area contributed by atoms with E-state index in [4.69, 9.17) is 5.73 Å². The summed E-state index contributed by atoms with van der Waals surface area (Å²) in [5.74, 6) is 0.748. The van der Waals surface area contributed by atoms with Crippen LogP contribution in [0.2, 0.25) is 0 Å². The van der Waals surface area contributed by atoms with Gasteiger partial charge in [-0.3, -0.25) is 4.79 Å². The van der Waals surface area contributed by atoms with E-state index in [0.717, 1.165) is 16.9 Å². The zero-order chi connectivity index (χ0) is 13.8. The number of carbonyl (C=O) groups excluding carboxylic acids is 1. The topological polar surface area (TPSA) is 92.9 Å². The average Bonchev–Trinajstić information content (AvgIpc) is 2.33. The fourth-order valence-electron chi connectivity index (χ4n) is 1.60. The SMILES string of the molecule is CC(=O)Nc1cccc(Nc2nc(N)ncc2C)c1. The molecule has 0 aliphatic heterocycles. The van der Waals surface area contributed by atoms with Crippen LogP contribution in [-0.4, -0.2) is 15.9 Å². The molecule has 2 aromatic rings. The molecule has 4 N–H and O–H groups in total. The van der Waals surface area contributed by atoms with E-state index in [2.05, 4.69) is 20.6 Å². The molecule has 0 unspecified atom stereocenters. The highest BCUT2D eigenvalue weighted by Gasteiger charge is 2.03. The summed E-state index contributed by atoms with van der Waals surface area (Å²) in [6, 6.07) is 7.35. The quantitative estimate of drug-likeness (QED) is 0.782. The predicted octanol–water partition coefficient (Wildman–Crippen LogP) is 2.07. The molecule has 0 aliphatic carbocycles. The zero-order valence-corrected chi connectivity index (χ0v) is 10.8. The Morgan fingerprint density at radius 2 is 2.05 bits per heavy atom. The van der Waals surface area contributed by atoms with Gasteiger partial charge < -0.3 is 16.4 Å². The summed E-state index contributed by atoms with van der Waals surface area (Å²) in [5, 5.41) is 5.86. The lowest BCUT2D eigenvalue weighted by Crippen LogP contribution is -2.06. The van der Waals surface area contributed by atoms with Crippen LogP contribution in [0.4, 0.5) is 23.1 Å². The molecule has 1 aromatic heterocycles. The first-order valence-corrected chi connectivity index (χ1v) is 5.78. The highest BCUT2D eigenvalue weighted by atomic mass is 16.1. The number of hydrogen-bond donors (Lipinski definition) is 3. The third-order valence-corrected chi connectivity index (χ3v) is 2.44. The molecule has 0 bridgehead atoms. The largest absolute Gasteiger partial charge is 0.368 e. The molecule has 0 radical (unpaired) electrons. The predicted molar refractivity (Wildman–Crippen MR) is 75.2 cm³/mol. The van der Waals surface area contributed by atoms with Gasteiger partial charge in [-0.1, -0.05) is 6.07 Å². The number of nitrogens with one attached hydrogen (secondary N) is 2. The number of carbonyl (C=O) groups is 1. The molecule has 1 aromatic carbocycles. The monoisotopic (exact) mass is 257 g/mol. The summed E-state index contributed by atoms with van der Waals surface area (Å²) in [4.78, 5) is 19.0. The fourth-order valence-corrected chi connectivity index (χ4v) is 1.60. The third kappa shape index (κ3) is 3.41. The molecule has 0 saturated carbocycles. The molecule has 6 nitrogen and oxygen atoms in total. The van der Waals surface area contributed by atoms with Gasteiger partial charge in [0.15, 0.2) is 0 Å². The van der Waals surface area contributed by atoms with Crippen LogP contribution in [0.15, 0.2) is 30.5 Å². The van der Waals surface area contributed by atoms with Crippen molar-refractivity contribution in [1.29, 1.82) is 0 Å². The number of amides is 1. The maximum atomic E-state index is 11.0. The summed E-state index contributed by atoms with van der Waals surface area (Å²) in [6.07, 6.45) is 1.66. The number of nitrogens with two attached hydrogens (primary N) is 1. The zero-order valence-electron chi connectivity index (χ0n) is 10.8. The second-order valence-electron chi connectivity index (χ2n) is 4.15. The van der Waals surface area contributed by atoms with E-state index < -0.39 is 0 Å². The Balaban J connectivity index is 2.23. The van der Waals surface area contributed by atoms with Crippen molar-refractivity contribution in [3.05, 3.63) is 36.0 Å². The molecule has 1 amide bonds. The highest BCUT2D eigenvalue weighted by molar-refractivity contribution is 5.89. The van der Waals surface area contributed by atoms with Crippen molar-refractivity contribution in [2.75, 3.05) is 16.4 Å². The van der Waals surface area contributed by atoms with Gasteiger partial charge in [0.1, 0.15) is 5.82 Å². The van der Waals surface area contributed by atoms with Gasteiger partial charge in [0.2, 0.25) is 11.9 Å². The molecular formula is C13H15N5O. The van der Waals surface area contributed by atoms with Gasteiger partial charge in [0, 0.05) is 30.1 Å². The number of nitrogens with zero attached hydrogens (tertiary/aromatic N) is 2. The minimum absolute atomic E-state index is 0.111. The Hall–Kier alpha value is -2.63. The summed E-state index contributed by atoms with van der Waals surface area (Å²) < 4.78 is 0. The van der Waals surface area contributed by atoms with E-state index in [9.17, 15) is 4.79 Å². The lowest BCUT2D eigenvalue weighted by atomic mass is 10.2. The summed E-state index contributed by atoms with van der Waals surface area (Å²) in [7, 11) is 0. The lowest BCUT2D eigenvalue weighted by molar-refractivity contribution is -0.114. The Kier molecular flexibility index (Phi) is 3.61. The first-order chi connectivity index (χ1) is 9.04. The van der Waals surface area contributed by atoms with E-state index in [1.165, 1.54) is 6.92 Å². The maximum absolute atomic E-state index is 11.0. The van der Waals surface area contributed by atoms with Crippen molar-refractivity contribution < 1.29 is 4.79 Å². The van der Waals surface area contributed by atoms with E-state index >= 15 is 0 Å². The van der Waals surface area contributed by atoms with Crippen LogP contribution in [0.25, 0.3) is 0 Å². The molecule has 2 rings (SSSR count). The normalized spacial score (nSPS) is 10.0. The third-order valence-electron chi connectivity index (χ3n) is 2.44. The number of hydrogen-bond acceptors (Lipinski definition) is 5. The van der Waals surface area contributed by atoms with Crippen molar-refractivity contribution >= 4 is 29.0 Å². The van der Waals surface area contributed by atoms with Crippen LogP contribution in [0.3, 0.4) is 0 Å². The second kappa shape index (κ2) is 5.34. The average molecular weight is 257 g/mol. The van der Waals surface area contributed by atoms with Crippen molar-refractivity contribution in [1.82, 2.24) is 9.97 Å². The van der Waals surface area contributed by atoms with Gasteiger partial charge >= 0.3 is 0 Å². The minimum Gasteiger partial charge on any atom is -0.368 e. The number of rotatable bonds is 3. The molecule has 0 spiro atoms. The first-order valence-electron chi connectivity index (χ1n) is 5.78. The maximum Gasteiger partial charge on any atom is 0.221 e. The van der Waals surface area contributed by atoms with Crippen LogP contribution in [0.1, 0.15) is 12.5 Å². The molecule has 0 atom stereocenters. The van der Waals surface area contributed by atoms with Gasteiger partial charge in [0.25, 0.3) is 0 Å². The van der Waals surface area contributed by atoms with Crippen molar-refractivity contribution in [3.63, 3.8) is 0 Å². The molecular weight excluding hydrogens is 242 g/mol. The molecule has 6 heteroatoms. The smallest absolute Gasteiger partial charge is 0.221 e. The molecule has 19 heavy (non-hydrogen) atoms. The van der Waals surface area contributed by atoms with Gasteiger partial charge in [-0.05, 0) is 25.1 Å². The summed E-state index contributed by atoms with van der Waals surface area (Å²) in [5.41, 5.74) is 7.98. The molecule has 98 valence electrons. The van der Waals surface area contributed by atoms with Gasteiger partial charge in [-0.25, -0.2) is 4.98 Å². The van der Waals surface area contributed by atoms with Gasteiger partial charge in [-0.15, -0.1) is 0 Å². The van der Waals surface area contributed by atoms with Crippen molar-refractivity contribution in [2.45, 2.75) is 13.8 Å². The van der Waals surface area contributed by atoms with E-state index in [1.807, 2.05) is 31.2 Å². The molecule has 1 heterocycles. The number of nitrogen functional groups attached to an aromatic ring is 1. The Bertz CT molecular complexity index is 612. The Labute approximate surface area is 111 Å². The van der Waals surface area contributed by atoms with E-state index in [0.29, 0.717) is 5.82 Å². The summed E-state index contributed by atoms with van der Waals surface area (Å²) in [6.45, 7) is 3.36. The number of benzene rings is 1. The highest BCUT2D eigenvalue weighted by Crippen LogP contribution is 2.21. The Morgan fingerprint density at radius 1 is 1.32 bits per heavy atom. The van der Waals surface area contributed by atoms with E-state index in [-0.39, 0.29) is 11.9 Å². The minimum atomic E-state index is -0.111. The van der Waals surface area contributed by atoms with Gasteiger partial charge in [-0.2, -0.15) is 4.98 Å². The molecule has 0 saturated heterocycles. The van der Waals surface area contributed by atoms with E-state index in [1.54, 1.807) is 6.20 Å². The van der Waals surface area contributed by atoms with Crippen LogP contribution < -0.4 is 16.4 Å². The lowest BCUT2D eigenvalue weighted by Gasteiger charge is -2.10. The standard InChI is InChI=1S/C13H15N5O/c1-8-7-15-13(14)18-12(8)17-11-5-3-4-10(6-11)16-9(2)19/h3-7H,1-2H3,(H,16,19)(H3,14,15,17,18). The fraction of sp³-hybridized carbons (Fsp3) is 0.154. The van der Waals surface area contributed by atoms with Gasteiger partial charge in [0.05, 0.1) is 0 Å². The van der Waals surface area contributed by atoms with Crippen LogP contribution in [0.5, 0.6) is 0 Å². The molecule has 0 fully saturated rings. The second-order valence-corrected chi connectivity index (χ2v) is 4.15. The molecule has 0 aliphatic rings. The number of aromatic nitrogens is 2. The first kappa shape index (κ1) is 12.8. The van der Waals surface area contributed by atoms with Crippen LogP contribution in [-0.2, 0) is 4.79 Å².